The Morgan fingerprint density at radius 2 is 0.661 bits per heavy atom. The molecule has 1 aromatic carbocycles. The standard InChI is InChI=1S/C36H75O3P.C14H23NO/c1-3-5-7-9-11-13-15-17-19-21-23-25-27-29-31-33-35-38-40(37)39-36-34-32-30-28-26-24-22-20-18-16-14-12-10-8-6-4-2;1-13(2,3)10-7-9(15)8-11(12(10)16)14(4,5)6/h40H,3-36H2,1-2H3;7-8,16H,15H2,1-6H3. The van der Waals surface area contributed by atoms with Crippen molar-refractivity contribution >= 4 is 13.9 Å². The predicted molar refractivity (Wildman–Crippen MR) is 250 cm³/mol. The summed E-state index contributed by atoms with van der Waals surface area (Å²) >= 11 is 0. The fraction of sp³-hybridized carbons (Fsp3) is 0.880. The number of hydrogen-bond acceptors (Lipinski definition) is 5. The number of benzene rings is 1. The summed E-state index contributed by atoms with van der Waals surface area (Å²) in [5.74, 6) is 0.384. The van der Waals surface area contributed by atoms with Crippen molar-refractivity contribution in [3.8, 4) is 5.75 Å². The van der Waals surface area contributed by atoms with Crippen molar-refractivity contribution < 1.29 is 18.7 Å². The molecule has 1 aromatic rings. The highest BCUT2D eigenvalue weighted by Crippen LogP contribution is 2.40. The first-order valence-electron chi connectivity index (χ1n) is 24.3. The second kappa shape index (κ2) is 37.0. The summed E-state index contributed by atoms with van der Waals surface area (Å²) in [6.07, 6.45) is 43.7. The van der Waals surface area contributed by atoms with E-state index < -0.39 is 8.25 Å². The highest BCUT2D eigenvalue weighted by atomic mass is 31.1. The molecule has 0 spiro atoms. The summed E-state index contributed by atoms with van der Waals surface area (Å²) in [5, 5.41) is 10.3. The van der Waals surface area contributed by atoms with Crippen LogP contribution in [0.25, 0.3) is 0 Å². The third kappa shape index (κ3) is 33.9. The highest BCUT2D eigenvalue weighted by molar-refractivity contribution is 7.33. The number of phenols is 1. The maximum absolute atomic E-state index is 11.9. The Morgan fingerprint density at radius 1 is 0.446 bits per heavy atom. The van der Waals surface area contributed by atoms with Gasteiger partial charge in [0.1, 0.15) is 5.75 Å². The van der Waals surface area contributed by atoms with E-state index in [1.165, 1.54) is 193 Å². The lowest BCUT2D eigenvalue weighted by atomic mass is 9.79. The number of nitrogen functional groups attached to an aromatic ring is 1. The lowest BCUT2D eigenvalue weighted by Gasteiger charge is -2.27. The lowest BCUT2D eigenvalue weighted by Crippen LogP contribution is -2.17. The maximum Gasteiger partial charge on any atom is 0.319 e. The molecule has 0 aliphatic rings. The van der Waals surface area contributed by atoms with E-state index >= 15 is 0 Å². The third-order valence-corrected chi connectivity index (χ3v) is 12.1. The molecular formula is C50H98NO4P. The fourth-order valence-electron chi connectivity index (χ4n) is 7.45. The molecule has 1 rings (SSSR count). The second-order valence-electron chi connectivity index (χ2n) is 19.0. The van der Waals surface area contributed by atoms with Crippen LogP contribution in [0, 0.1) is 0 Å². The van der Waals surface area contributed by atoms with Gasteiger partial charge in [-0.15, -0.1) is 0 Å². The molecule has 0 saturated carbocycles. The van der Waals surface area contributed by atoms with Gasteiger partial charge in [-0.05, 0) is 35.8 Å². The summed E-state index contributed by atoms with van der Waals surface area (Å²) in [6.45, 7) is 18.2. The Hall–Kier alpha value is -1.03. The average molecular weight is 808 g/mol. The van der Waals surface area contributed by atoms with Crippen molar-refractivity contribution in [2.24, 2.45) is 0 Å². The van der Waals surface area contributed by atoms with Gasteiger partial charge in [0.2, 0.25) is 0 Å². The molecule has 0 radical (unpaired) electrons. The minimum Gasteiger partial charge on any atom is -0.507 e. The van der Waals surface area contributed by atoms with Crippen molar-refractivity contribution in [1.82, 2.24) is 0 Å². The maximum atomic E-state index is 11.9. The lowest BCUT2D eigenvalue weighted by molar-refractivity contribution is 0.218. The van der Waals surface area contributed by atoms with Crippen LogP contribution in [0.15, 0.2) is 12.1 Å². The molecule has 0 unspecified atom stereocenters. The summed E-state index contributed by atoms with van der Waals surface area (Å²) in [6, 6.07) is 3.73. The normalized spacial score (nSPS) is 12.0. The molecule has 0 aliphatic carbocycles. The number of unbranched alkanes of at least 4 members (excludes halogenated alkanes) is 30. The first kappa shape index (κ1) is 55.0. The van der Waals surface area contributed by atoms with Gasteiger partial charge in [-0.25, -0.2) is 0 Å². The number of aromatic hydroxyl groups is 1. The van der Waals surface area contributed by atoms with Gasteiger partial charge < -0.3 is 19.9 Å². The first-order chi connectivity index (χ1) is 26.8. The van der Waals surface area contributed by atoms with Crippen LogP contribution in [-0.4, -0.2) is 18.3 Å². The minimum absolute atomic E-state index is 0.0978. The molecule has 56 heavy (non-hydrogen) atoms. The van der Waals surface area contributed by atoms with Crippen molar-refractivity contribution in [2.45, 2.75) is 272 Å². The zero-order valence-corrected chi connectivity index (χ0v) is 39.9. The van der Waals surface area contributed by atoms with E-state index in [9.17, 15) is 9.67 Å². The number of nitrogens with two attached hydrogens (primary N) is 1. The van der Waals surface area contributed by atoms with E-state index in [4.69, 9.17) is 14.8 Å². The van der Waals surface area contributed by atoms with Gasteiger partial charge in [0.15, 0.2) is 0 Å². The van der Waals surface area contributed by atoms with E-state index in [-0.39, 0.29) is 10.8 Å². The van der Waals surface area contributed by atoms with Crippen LogP contribution in [-0.2, 0) is 24.4 Å². The number of hydrogen-bond donors (Lipinski definition) is 2. The van der Waals surface area contributed by atoms with Gasteiger partial charge in [-0.1, -0.05) is 248 Å². The molecule has 5 nitrogen and oxygen atoms in total. The van der Waals surface area contributed by atoms with E-state index in [0.717, 1.165) is 24.0 Å². The van der Waals surface area contributed by atoms with Gasteiger partial charge in [-0.2, -0.15) is 0 Å². The van der Waals surface area contributed by atoms with Gasteiger partial charge >= 0.3 is 8.25 Å². The Labute approximate surface area is 351 Å². The van der Waals surface area contributed by atoms with Crippen LogP contribution in [0.1, 0.15) is 272 Å². The number of anilines is 1. The average Bonchev–Trinajstić information content (AvgIpc) is 3.14. The van der Waals surface area contributed by atoms with Crippen LogP contribution >= 0.6 is 8.25 Å². The quantitative estimate of drug-likeness (QED) is 0.0305. The Bertz CT molecular complexity index is 956. The Morgan fingerprint density at radius 3 is 0.875 bits per heavy atom. The van der Waals surface area contributed by atoms with E-state index in [0.29, 0.717) is 24.7 Å². The Kier molecular flexibility index (Phi) is 36.3. The minimum atomic E-state index is -2.28. The van der Waals surface area contributed by atoms with Crippen LogP contribution in [0.5, 0.6) is 5.75 Å². The zero-order valence-electron chi connectivity index (χ0n) is 38.9. The largest absolute Gasteiger partial charge is 0.507 e. The molecule has 0 fully saturated rings. The van der Waals surface area contributed by atoms with Crippen molar-refractivity contribution in [1.29, 1.82) is 0 Å². The zero-order chi connectivity index (χ0) is 41.8. The molecule has 0 saturated heterocycles. The SMILES string of the molecule is CC(C)(C)c1cc(N)cc(C(C)(C)C)c1O.CCCCCCCCCCCCCCCCCCO[PH](=O)OCCCCCCCCCCCCCCCCCC. The number of rotatable bonds is 36. The summed E-state index contributed by atoms with van der Waals surface area (Å²) in [4.78, 5) is 0. The topological polar surface area (TPSA) is 81.8 Å². The Balaban J connectivity index is 0.00000156. The smallest absolute Gasteiger partial charge is 0.319 e. The van der Waals surface area contributed by atoms with Gasteiger partial charge in [-0.3, -0.25) is 4.57 Å². The number of phenolic OH excluding ortho intramolecular Hbond substituents is 1. The molecular weight excluding hydrogens is 710 g/mol. The van der Waals surface area contributed by atoms with Crippen LogP contribution in [0.4, 0.5) is 5.69 Å². The first-order valence-corrected chi connectivity index (χ1v) is 25.5. The van der Waals surface area contributed by atoms with Crippen LogP contribution in [0.2, 0.25) is 0 Å². The highest BCUT2D eigenvalue weighted by Gasteiger charge is 2.26. The van der Waals surface area contributed by atoms with E-state index in [2.05, 4.69) is 55.4 Å². The predicted octanol–water partition coefficient (Wildman–Crippen LogP) is 17.5. The monoisotopic (exact) mass is 808 g/mol. The van der Waals surface area contributed by atoms with E-state index in [1.807, 2.05) is 12.1 Å². The molecule has 3 N–H and O–H groups in total. The van der Waals surface area contributed by atoms with E-state index in [1.54, 1.807) is 0 Å². The second-order valence-corrected chi connectivity index (χ2v) is 20.1. The molecule has 332 valence electrons. The van der Waals surface area contributed by atoms with Gasteiger partial charge in [0, 0.05) is 16.8 Å². The summed E-state index contributed by atoms with van der Waals surface area (Å²) < 4.78 is 22.7. The summed E-state index contributed by atoms with van der Waals surface area (Å²) in [7, 11) is -2.28. The van der Waals surface area contributed by atoms with Gasteiger partial charge in [0.05, 0.1) is 13.2 Å². The van der Waals surface area contributed by atoms with Crippen LogP contribution in [0.3, 0.4) is 0 Å². The molecule has 0 amide bonds. The van der Waals surface area contributed by atoms with Crippen molar-refractivity contribution in [2.75, 3.05) is 18.9 Å². The molecule has 0 aromatic heterocycles. The summed E-state index contributed by atoms with van der Waals surface area (Å²) in [5.41, 5.74) is 8.26. The molecule has 0 heterocycles. The van der Waals surface area contributed by atoms with Gasteiger partial charge in [0.25, 0.3) is 0 Å². The molecule has 0 atom stereocenters. The van der Waals surface area contributed by atoms with Crippen molar-refractivity contribution in [3.05, 3.63) is 23.3 Å². The fourth-order valence-corrected chi connectivity index (χ4v) is 8.16. The molecule has 0 aliphatic heterocycles. The molecule has 0 bridgehead atoms. The van der Waals surface area contributed by atoms with Crippen molar-refractivity contribution in [3.63, 3.8) is 0 Å². The molecule has 6 heteroatoms. The third-order valence-electron chi connectivity index (χ3n) is 11.2. The van der Waals surface area contributed by atoms with Crippen LogP contribution < -0.4 is 5.73 Å².